The second-order valence-electron chi connectivity index (χ2n) is 13.3. The molecule has 0 bridgehead atoms. The van der Waals surface area contributed by atoms with Crippen LogP contribution in [0.1, 0.15) is 55.6 Å². The van der Waals surface area contributed by atoms with Crippen molar-refractivity contribution >= 4 is 40.2 Å². The number of nitrogen functional groups attached to an aromatic ring is 1. The number of methoxy groups -OCH3 is 1. The molecule has 4 aliphatic heterocycles. The quantitative estimate of drug-likeness (QED) is 0.190. The summed E-state index contributed by atoms with van der Waals surface area (Å²) in [4.78, 5) is 19.0. The van der Waals surface area contributed by atoms with Gasteiger partial charge in [-0.2, -0.15) is 9.97 Å². The molecule has 4 saturated heterocycles. The van der Waals surface area contributed by atoms with E-state index in [-0.39, 0.29) is 40.2 Å². The molecule has 3 aromatic rings. The van der Waals surface area contributed by atoms with Gasteiger partial charge >= 0.3 is 6.01 Å². The fraction of sp³-hybridized carbons (Fsp3) is 0.529. The number of benzene rings is 1. The maximum Gasteiger partial charge on any atom is 0.319 e. The monoisotopic (exact) mass is 663 g/mol. The molecule has 6 heterocycles. The fourth-order valence-electron chi connectivity index (χ4n) is 7.73. The highest BCUT2D eigenvalue weighted by Gasteiger charge is 2.48. The summed E-state index contributed by atoms with van der Waals surface area (Å²) in [6.07, 6.45) is 6.78. The normalized spacial score (nSPS) is 23.2. The van der Waals surface area contributed by atoms with Gasteiger partial charge in [-0.3, -0.25) is 4.90 Å². The summed E-state index contributed by atoms with van der Waals surface area (Å²) in [5.74, 6) is 0.135. The Balaban J connectivity index is 1.27. The van der Waals surface area contributed by atoms with Crippen molar-refractivity contribution in [2.24, 2.45) is 0 Å². The van der Waals surface area contributed by atoms with Crippen LogP contribution < -0.4 is 20.1 Å². The third-order valence-electron chi connectivity index (χ3n) is 10.4. The molecule has 0 radical (unpaired) electrons. The van der Waals surface area contributed by atoms with Crippen molar-refractivity contribution in [3.63, 3.8) is 0 Å². The molecule has 1 aromatic carbocycles. The van der Waals surface area contributed by atoms with E-state index in [4.69, 9.17) is 56.6 Å². The van der Waals surface area contributed by atoms with Crippen LogP contribution in [0.5, 0.6) is 11.9 Å². The van der Waals surface area contributed by atoms with Crippen LogP contribution in [0.25, 0.3) is 22.2 Å². The summed E-state index contributed by atoms with van der Waals surface area (Å²) in [6, 6.07) is 1.74. The summed E-state index contributed by atoms with van der Waals surface area (Å²) in [5.41, 5.74) is 10.9. The number of anilines is 2. The third kappa shape index (κ3) is 5.29. The Hall–Kier alpha value is -3.58. The number of rotatable bonds is 8. The van der Waals surface area contributed by atoms with Crippen LogP contribution in [0, 0.1) is 11.2 Å². The molecule has 5 aliphatic rings. The number of ether oxygens (including phenoxy) is 4. The molecule has 47 heavy (non-hydrogen) atoms. The Kier molecular flexibility index (Phi) is 7.94. The average molecular weight is 664 g/mol. The maximum atomic E-state index is 17.2. The lowest BCUT2D eigenvalue weighted by atomic mass is 9.91. The highest BCUT2D eigenvalue weighted by Crippen LogP contribution is 2.51. The first-order valence-corrected chi connectivity index (χ1v) is 16.8. The van der Waals surface area contributed by atoms with Gasteiger partial charge < -0.3 is 35.0 Å². The lowest BCUT2D eigenvalue weighted by Crippen LogP contribution is -2.43. The SMILES string of the molecule is COc1nc(-c2c(C=N)c(N)cc(Cl)c2C2CC2)c(F)c2nc(OCC34CCCN3CC(=C3COC3)C4)nc(N3CCCOCC3)c12. The molecular weight excluding hydrogens is 625 g/mol. The minimum absolute atomic E-state index is 0.00547. The van der Waals surface area contributed by atoms with E-state index in [0.717, 1.165) is 63.4 Å². The van der Waals surface area contributed by atoms with Crippen molar-refractivity contribution in [3.05, 3.63) is 39.2 Å². The number of hydrogen-bond acceptors (Lipinski definition) is 11. The molecule has 0 spiro atoms. The zero-order valence-corrected chi connectivity index (χ0v) is 27.3. The lowest BCUT2D eigenvalue weighted by Gasteiger charge is -2.31. The number of nitrogens with two attached hydrogens (primary N) is 1. The van der Waals surface area contributed by atoms with E-state index in [1.54, 1.807) is 6.07 Å². The van der Waals surface area contributed by atoms with Crippen molar-refractivity contribution in [1.29, 1.82) is 5.41 Å². The van der Waals surface area contributed by atoms with Crippen molar-refractivity contribution in [2.45, 2.75) is 50.0 Å². The van der Waals surface area contributed by atoms with Crippen LogP contribution in [-0.4, -0.2) is 97.9 Å². The summed E-state index contributed by atoms with van der Waals surface area (Å²) in [7, 11) is 1.50. The average Bonchev–Trinajstić information content (AvgIpc) is 3.77. The first kappa shape index (κ1) is 30.7. The fourth-order valence-corrected chi connectivity index (χ4v) is 8.10. The van der Waals surface area contributed by atoms with Gasteiger partial charge in [-0.1, -0.05) is 17.2 Å². The van der Waals surface area contributed by atoms with Crippen LogP contribution in [-0.2, 0) is 9.47 Å². The first-order chi connectivity index (χ1) is 22.9. The predicted molar refractivity (Wildman–Crippen MR) is 178 cm³/mol. The predicted octanol–water partition coefficient (Wildman–Crippen LogP) is 5.12. The number of nitrogens with one attached hydrogen (secondary N) is 1. The molecule has 8 rings (SSSR count). The number of fused-ring (bicyclic) bond motifs is 2. The Morgan fingerprint density at radius 2 is 1.98 bits per heavy atom. The van der Waals surface area contributed by atoms with E-state index in [9.17, 15) is 0 Å². The second kappa shape index (κ2) is 12.1. The molecule has 1 aliphatic carbocycles. The van der Waals surface area contributed by atoms with E-state index in [1.807, 2.05) is 0 Å². The molecule has 248 valence electrons. The Morgan fingerprint density at radius 1 is 1.13 bits per heavy atom. The molecule has 1 atom stereocenters. The molecule has 11 nitrogen and oxygen atoms in total. The van der Waals surface area contributed by atoms with Crippen molar-refractivity contribution in [1.82, 2.24) is 19.9 Å². The molecule has 1 saturated carbocycles. The largest absolute Gasteiger partial charge is 0.480 e. The number of hydrogen-bond donors (Lipinski definition) is 2. The summed E-state index contributed by atoms with van der Waals surface area (Å²) >= 11 is 6.74. The van der Waals surface area contributed by atoms with Gasteiger partial charge in [0.05, 0.1) is 32.5 Å². The van der Waals surface area contributed by atoms with Gasteiger partial charge in [0.25, 0.3) is 0 Å². The van der Waals surface area contributed by atoms with E-state index in [2.05, 4.69) is 9.80 Å². The Morgan fingerprint density at radius 3 is 2.72 bits per heavy atom. The number of halogens is 2. The van der Waals surface area contributed by atoms with Gasteiger partial charge in [0, 0.05) is 54.3 Å². The van der Waals surface area contributed by atoms with Crippen molar-refractivity contribution in [3.8, 4) is 23.1 Å². The van der Waals surface area contributed by atoms with Crippen molar-refractivity contribution < 1.29 is 23.3 Å². The van der Waals surface area contributed by atoms with Crippen LogP contribution in [0.15, 0.2) is 17.2 Å². The standard InChI is InChI=1S/C34H39ClFN7O4/c1-44-32-27-30(28(36)29(39-32)26-22(14-37)24(38)12-23(35)25(26)19-4-5-19)40-33(41-31(27)42-7-3-10-45-11-9-42)47-18-34-6-2-8-43(34)15-20(13-34)21-16-46-17-21/h12,14,19,37H,2-11,13,15-18,38H2,1H3. The van der Waals surface area contributed by atoms with Crippen LogP contribution in [0.3, 0.4) is 0 Å². The van der Waals surface area contributed by atoms with Gasteiger partial charge in [-0.25, -0.2) is 9.37 Å². The van der Waals surface area contributed by atoms with E-state index < -0.39 is 5.82 Å². The maximum absolute atomic E-state index is 17.2. The van der Waals surface area contributed by atoms with E-state index in [1.165, 1.54) is 18.3 Å². The zero-order valence-electron chi connectivity index (χ0n) is 26.5. The highest BCUT2D eigenvalue weighted by atomic mass is 35.5. The first-order valence-electron chi connectivity index (χ1n) is 16.5. The molecular formula is C34H39ClFN7O4. The molecule has 3 N–H and O–H groups in total. The Bertz CT molecular complexity index is 1790. The molecule has 5 fully saturated rings. The van der Waals surface area contributed by atoms with Gasteiger partial charge in [-0.15, -0.1) is 0 Å². The minimum Gasteiger partial charge on any atom is -0.480 e. The number of pyridine rings is 1. The smallest absolute Gasteiger partial charge is 0.319 e. The number of aromatic nitrogens is 3. The summed E-state index contributed by atoms with van der Waals surface area (Å²) < 4.78 is 40.7. The van der Waals surface area contributed by atoms with Crippen LogP contribution in [0.4, 0.5) is 15.9 Å². The van der Waals surface area contributed by atoms with E-state index >= 15 is 4.39 Å². The molecule has 0 amide bonds. The molecule has 13 heteroatoms. The Labute approximate surface area is 277 Å². The highest BCUT2D eigenvalue weighted by molar-refractivity contribution is 6.32. The van der Waals surface area contributed by atoms with Crippen LogP contribution in [0.2, 0.25) is 5.02 Å². The molecule has 1 unspecified atom stereocenters. The minimum atomic E-state index is -0.662. The van der Waals surface area contributed by atoms with Gasteiger partial charge in [0.2, 0.25) is 5.88 Å². The van der Waals surface area contributed by atoms with Gasteiger partial charge in [0.1, 0.15) is 29.0 Å². The summed E-state index contributed by atoms with van der Waals surface area (Å²) in [5, 5.41) is 9.00. The van der Waals surface area contributed by atoms with E-state index in [0.29, 0.717) is 73.5 Å². The molecule has 2 aromatic heterocycles. The topological polar surface area (TPSA) is 132 Å². The summed E-state index contributed by atoms with van der Waals surface area (Å²) in [6.45, 7) is 6.13. The van der Waals surface area contributed by atoms with Crippen LogP contribution >= 0.6 is 11.6 Å². The van der Waals surface area contributed by atoms with Crippen molar-refractivity contribution in [2.75, 3.05) is 77.0 Å². The lowest BCUT2D eigenvalue weighted by molar-refractivity contribution is 0.100. The second-order valence-corrected chi connectivity index (χ2v) is 13.7. The van der Waals surface area contributed by atoms with Gasteiger partial charge in [-0.05, 0) is 68.2 Å². The zero-order chi connectivity index (χ0) is 32.3. The van der Waals surface area contributed by atoms with Gasteiger partial charge in [0.15, 0.2) is 5.82 Å². The third-order valence-corrected chi connectivity index (χ3v) is 10.7. The number of nitrogens with zero attached hydrogens (tertiary/aromatic N) is 5.